The zero-order valence-corrected chi connectivity index (χ0v) is 13.8. The van der Waals surface area contributed by atoms with Gasteiger partial charge in [-0.05, 0) is 18.6 Å². The molecule has 2 aliphatic rings. The van der Waals surface area contributed by atoms with Crippen molar-refractivity contribution in [2.24, 2.45) is 5.73 Å². The van der Waals surface area contributed by atoms with Crippen molar-refractivity contribution in [2.45, 2.75) is 23.2 Å². The van der Waals surface area contributed by atoms with Crippen LogP contribution < -0.4 is 11.4 Å². The van der Waals surface area contributed by atoms with Crippen molar-refractivity contribution < 1.29 is 19.1 Å². The van der Waals surface area contributed by atoms with Crippen LogP contribution in [0.3, 0.4) is 0 Å². The van der Waals surface area contributed by atoms with Gasteiger partial charge in [0, 0.05) is 22.5 Å². The monoisotopic (exact) mass is 354 g/mol. The summed E-state index contributed by atoms with van der Waals surface area (Å²) in [5.74, 6) is -0.122. The molecule has 2 aliphatic heterocycles. The van der Waals surface area contributed by atoms with E-state index in [2.05, 4.69) is 0 Å². The lowest BCUT2D eigenvalue weighted by atomic mass is 10.0. The number of aryl methyl sites for hydroxylation is 1. The lowest BCUT2D eigenvalue weighted by molar-refractivity contribution is -0.147. The highest BCUT2D eigenvalue weighted by atomic mass is 32.2. The topological polar surface area (TPSA) is 114 Å². The van der Waals surface area contributed by atoms with Crippen molar-refractivity contribution >= 4 is 35.4 Å². The fourth-order valence-electron chi connectivity index (χ4n) is 2.52. The van der Waals surface area contributed by atoms with Crippen molar-refractivity contribution in [3.63, 3.8) is 0 Å². The number of hydrogen-bond donors (Lipinski definition) is 2. The Morgan fingerprint density at radius 2 is 2.26 bits per heavy atom. The van der Waals surface area contributed by atoms with Gasteiger partial charge in [0.1, 0.15) is 22.9 Å². The zero-order valence-electron chi connectivity index (χ0n) is 12.1. The Balaban J connectivity index is 1.84. The number of aliphatic carboxylic acids is 1. The molecule has 1 amide bonds. The van der Waals surface area contributed by atoms with E-state index in [4.69, 9.17) is 10.2 Å². The maximum absolute atomic E-state index is 11.8. The minimum atomic E-state index is -1.13. The molecular weight excluding hydrogens is 340 g/mol. The summed E-state index contributed by atoms with van der Waals surface area (Å²) < 4.78 is 4.89. The number of thioether (sulfide) groups is 2. The molecule has 9 heteroatoms. The predicted molar refractivity (Wildman–Crippen MR) is 86.2 cm³/mol. The number of carbonyl (C=O) groups excluding carboxylic acids is 1. The summed E-state index contributed by atoms with van der Waals surface area (Å²) in [6.45, 7) is 1.68. The van der Waals surface area contributed by atoms with Gasteiger partial charge in [0.25, 0.3) is 0 Å². The van der Waals surface area contributed by atoms with Crippen LogP contribution in [0.2, 0.25) is 0 Å². The lowest BCUT2D eigenvalue weighted by Gasteiger charge is -2.48. The van der Waals surface area contributed by atoms with Gasteiger partial charge in [-0.3, -0.25) is 9.69 Å². The fourth-order valence-corrected chi connectivity index (χ4v) is 4.95. The summed E-state index contributed by atoms with van der Waals surface area (Å²) in [5, 5.41) is 9.15. The summed E-state index contributed by atoms with van der Waals surface area (Å²) in [6.07, 6.45) is 0. The summed E-state index contributed by atoms with van der Waals surface area (Å²) in [7, 11) is 0. The third kappa shape index (κ3) is 2.91. The van der Waals surface area contributed by atoms with Crippen LogP contribution in [-0.4, -0.2) is 44.8 Å². The van der Waals surface area contributed by atoms with Crippen LogP contribution in [0.15, 0.2) is 37.5 Å². The first kappa shape index (κ1) is 16.2. The van der Waals surface area contributed by atoms with Gasteiger partial charge in [0.15, 0.2) is 0 Å². The van der Waals surface area contributed by atoms with E-state index < -0.39 is 17.6 Å². The summed E-state index contributed by atoms with van der Waals surface area (Å²) in [6, 6.07) is 2.45. The average Bonchev–Trinajstić information content (AvgIpc) is 2.50. The minimum absolute atomic E-state index is 0.0210. The van der Waals surface area contributed by atoms with Crippen molar-refractivity contribution in [2.75, 3.05) is 11.5 Å². The van der Waals surface area contributed by atoms with E-state index >= 15 is 0 Å². The molecule has 3 rings (SSSR count). The van der Waals surface area contributed by atoms with Crippen LogP contribution in [0, 0.1) is 6.92 Å². The predicted octanol–water partition coefficient (Wildman–Crippen LogP) is 0.621. The molecule has 3 heterocycles. The Morgan fingerprint density at radius 1 is 1.52 bits per heavy atom. The Labute approximate surface area is 139 Å². The average molecular weight is 354 g/mol. The summed E-state index contributed by atoms with van der Waals surface area (Å²) in [5.41, 5.74) is 5.93. The molecule has 2 atom stereocenters. The Bertz CT molecular complexity index is 773. The first-order valence-corrected chi connectivity index (χ1v) is 8.82. The van der Waals surface area contributed by atoms with Gasteiger partial charge >= 0.3 is 11.6 Å². The number of hydrogen-bond acceptors (Lipinski definition) is 7. The molecule has 1 aromatic rings. The maximum Gasteiger partial charge on any atom is 0.352 e. The second-order valence-corrected chi connectivity index (χ2v) is 7.36. The molecule has 7 nitrogen and oxygen atoms in total. The van der Waals surface area contributed by atoms with Crippen LogP contribution in [0.4, 0.5) is 0 Å². The van der Waals surface area contributed by atoms with Crippen molar-refractivity contribution in [3.05, 3.63) is 39.6 Å². The number of carbonyl (C=O) groups is 2. The second-order valence-electron chi connectivity index (χ2n) is 5.20. The highest BCUT2D eigenvalue weighted by Crippen LogP contribution is 2.40. The zero-order chi connectivity index (χ0) is 16.7. The third-order valence-electron chi connectivity index (χ3n) is 3.57. The number of rotatable bonds is 4. The fraction of sp³-hybridized carbons (Fsp3) is 0.357. The van der Waals surface area contributed by atoms with Crippen LogP contribution >= 0.6 is 23.5 Å². The van der Waals surface area contributed by atoms with E-state index in [0.29, 0.717) is 27.7 Å². The first-order valence-electron chi connectivity index (χ1n) is 6.78. The van der Waals surface area contributed by atoms with Gasteiger partial charge in [0.05, 0.1) is 0 Å². The lowest BCUT2D eigenvalue weighted by Crippen LogP contribution is -2.68. The number of β-lactam (4-membered cyclic amide) rings is 1. The van der Waals surface area contributed by atoms with Gasteiger partial charge in [-0.15, -0.1) is 23.5 Å². The number of nitrogens with two attached hydrogens (primary N) is 1. The molecule has 0 aliphatic carbocycles. The van der Waals surface area contributed by atoms with Crippen molar-refractivity contribution in [3.8, 4) is 0 Å². The van der Waals surface area contributed by atoms with E-state index in [-0.39, 0.29) is 17.0 Å². The van der Waals surface area contributed by atoms with Gasteiger partial charge < -0.3 is 15.3 Å². The standard InChI is InChI=1S/C14H14N2O5S2/c1-6-2-8(3-9(17)21-6)22-4-7-5-23-13-10(15)12(18)16(13)11(7)14(19)20/h2-3,10,13H,4-5,15H2,1H3,(H,19,20)/t10-,13-/m1/s1. The summed E-state index contributed by atoms with van der Waals surface area (Å²) in [4.78, 5) is 36.7. The molecule has 0 radical (unpaired) electrons. The maximum atomic E-state index is 11.8. The van der Waals surface area contributed by atoms with E-state index in [1.54, 1.807) is 13.0 Å². The molecule has 1 fully saturated rings. The highest BCUT2D eigenvalue weighted by molar-refractivity contribution is 8.01. The molecule has 1 aromatic heterocycles. The molecule has 0 spiro atoms. The second kappa shape index (κ2) is 6.06. The number of fused-ring (bicyclic) bond motifs is 1. The molecule has 0 unspecified atom stereocenters. The first-order chi connectivity index (χ1) is 10.9. The molecule has 0 bridgehead atoms. The molecule has 3 N–H and O–H groups in total. The van der Waals surface area contributed by atoms with Gasteiger partial charge in [-0.2, -0.15) is 0 Å². The van der Waals surface area contributed by atoms with Gasteiger partial charge in [-0.25, -0.2) is 9.59 Å². The number of carboxylic acid groups (broad SMARTS) is 1. The Morgan fingerprint density at radius 3 is 2.91 bits per heavy atom. The molecular formula is C14H14N2O5S2. The number of carboxylic acids is 1. The molecule has 0 aromatic carbocycles. The van der Waals surface area contributed by atoms with E-state index in [1.165, 1.54) is 34.5 Å². The Hall–Kier alpha value is -1.71. The quantitative estimate of drug-likeness (QED) is 0.597. The van der Waals surface area contributed by atoms with Gasteiger partial charge in [0.2, 0.25) is 5.91 Å². The van der Waals surface area contributed by atoms with Crippen LogP contribution in [0.1, 0.15) is 5.76 Å². The third-order valence-corrected chi connectivity index (χ3v) is 5.99. The largest absolute Gasteiger partial charge is 0.477 e. The smallest absolute Gasteiger partial charge is 0.352 e. The minimum Gasteiger partial charge on any atom is -0.477 e. The Kier molecular flexibility index (Phi) is 4.26. The van der Waals surface area contributed by atoms with E-state index in [1.807, 2.05) is 0 Å². The van der Waals surface area contributed by atoms with E-state index in [9.17, 15) is 19.5 Å². The number of amides is 1. The van der Waals surface area contributed by atoms with Crippen LogP contribution in [0.25, 0.3) is 0 Å². The van der Waals surface area contributed by atoms with Crippen LogP contribution in [0.5, 0.6) is 0 Å². The highest BCUT2D eigenvalue weighted by Gasteiger charge is 2.51. The molecule has 1 saturated heterocycles. The SMILES string of the molecule is Cc1cc(SCC2=C(C(=O)O)N3C(=O)[C@@H](N)[C@H]3SC2)cc(=O)o1. The van der Waals surface area contributed by atoms with Crippen molar-refractivity contribution in [1.29, 1.82) is 0 Å². The molecule has 23 heavy (non-hydrogen) atoms. The van der Waals surface area contributed by atoms with Crippen LogP contribution in [-0.2, 0) is 9.59 Å². The number of nitrogens with zero attached hydrogens (tertiary/aromatic N) is 1. The van der Waals surface area contributed by atoms with Crippen molar-refractivity contribution in [1.82, 2.24) is 4.90 Å². The van der Waals surface area contributed by atoms with E-state index in [0.717, 1.165) is 0 Å². The summed E-state index contributed by atoms with van der Waals surface area (Å²) >= 11 is 2.80. The molecule has 0 saturated carbocycles. The van der Waals surface area contributed by atoms with Gasteiger partial charge in [-0.1, -0.05) is 0 Å². The molecule has 122 valence electrons. The normalized spacial score (nSPS) is 23.6.